The Morgan fingerprint density at radius 1 is 1.20 bits per heavy atom. The van der Waals surface area contributed by atoms with Crippen molar-refractivity contribution in [3.05, 3.63) is 29.3 Å². The van der Waals surface area contributed by atoms with Crippen LogP contribution in [0.3, 0.4) is 0 Å². The zero-order chi connectivity index (χ0) is 13.8. The van der Waals surface area contributed by atoms with E-state index in [9.17, 15) is 0 Å². The van der Waals surface area contributed by atoms with Gasteiger partial charge in [-0.05, 0) is 48.9 Å². The van der Waals surface area contributed by atoms with Crippen LogP contribution in [-0.2, 0) is 6.42 Å². The third-order valence-electron chi connectivity index (χ3n) is 4.81. The second kappa shape index (κ2) is 6.62. The van der Waals surface area contributed by atoms with E-state index < -0.39 is 0 Å². The lowest BCUT2D eigenvalue weighted by molar-refractivity contribution is 0.356. The molecule has 1 fully saturated rings. The van der Waals surface area contributed by atoms with Crippen molar-refractivity contribution in [1.29, 1.82) is 0 Å². The maximum Gasteiger partial charge on any atom is 0.122 e. The highest BCUT2D eigenvalue weighted by Gasteiger charge is 2.25. The third kappa shape index (κ3) is 3.01. The standard InChI is InChI=1S/C18H27NO/c1-2-11-19-17-7-5-3-4-6-16(17)14-8-9-18-15(13-14)10-12-20-18/h8-9,13,16-17,19H,2-7,10-12H2,1H3. The van der Waals surface area contributed by atoms with Gasteiger partial charge in [0.1, 0.15) is 5.75 Å². The molecule has 1 saturated carbocycles. The van der Waals surface area contributed by atoms with Crippen molar-refractivity contribution in [3.8, 4) is 5.75 Å². The Morgan fingerprint density at radius 2 is 2.10 bits per heavy atom. The van der Waals surface area contributed by atoms with E-state index in [4.69, 9.17) is 4.74 Å². The SMILES string of the molecule is CCCNC1CCCCCC1c1ccc2c(c1)CCO2. The minimum absolute atomic E-state index is 0.665. The number of benzene rings is 1. The summed E-state index contributed by atoms with van der Waals surface area (Å²) in [5, 5.41) is 3.80. The van der Waals surface area contributed by atoms with Gasteiger partial charge in [0.15, 0.2) is 0 Å². The van der Waals surface area contributed by atoms with Crippen molar-refractivity contribution in [1.82, 2.24) is 5.32 Å². The quantitative estimate of drug-likeness (QED) is 0.836. The molecule has 1 aliphatic heterocycles. The minimum Gasteiger partial charge on any atom is -0.493 e. The fourth-order valence-corrected chi connectivity index (χ4v) is 3.72. The highest BCUT2D eigenvalue weighted by atomic mass is 16.5. The maximum absolute atomic E-state index is 5.64. The molecule has 0 saturated heterocycles. The predicted molar refractivity (Wildman–Crippen MR) is 83.5 cm³/mol. The minimum atomic E-state index is 0.665. The molecule has 0 amide bonds. The molecule has 1 N–H and O–H groups in total. The first-order chi connectivity index (χ1) is 9.88. The lowest BCUT2D eigenvalue weighted by Crippen LogP contribution is -2.34. The van der Waals surface area contributed by atoms with Gasteiger partial charge in [0.25, 0.3) is 0 Å². The molecule has 0 aromatic heterocycles. The van der Waals surface area contributed by atoms with Crippen molar-refractivity contribution in [3.63, 3.8) is 0 Å². The van der Waals surface area contributed by atoms with Gasteiger partial charge in [0.05, 0.1) is 6.61 Å². The van der Waals surface area contributed by atoms with Gasteiger partial charge in [-0.3, -0.25) is 0 Å². The van der Waals surface area contributed by atoms with Crippen molar-refractivity contribution in [2.45, 2.75) is 63.8 Å². The van der Waals surface area contributed by atoms with Gasteiger partial charge in [-0.2, -0.15) is 0 Å². The van der Waals surface area contributed by atoms with E-state index in [0.29, 0.717) is 12.0 Å². The van der Waals surface area contributed by atoms with Crippen LogP contribution in [0.2, 0.25) is 0 Å². The van der Waals surface area contributed by atoms with Gasteiger partial charge in [0.2, 0.25) is 0 Å². The highest BCUT2D eigenvalue weighted by Crippen LogP contribution is 2.35. The molecule has 1 aromatic rings. The molecular formula is C18H27NO. The molecule has 1 heterocycles. The molecule has 0 bridgehead atoms. The largest absolute Gasteiger partial charge is 0.493 e. The molecule has 0 spiro atoms. The van der Waals surface area contributed by atoms with Gasteiger partial charge in [-0.15, -0.1) is 0 Å². The summed E-state index contributed by atoms with van der Waals surface area (Å²) in [5.41, 5.74) is 2.95. The van der Waals surface area contributed by atoms with E-state index in [0.717, 1.165) is 25.3 Å². The summed E-state index contributed by atoms with van der Waals surface area (Å²) in [7, 11) is 0. The Balaban J connectivity index is 1.80. The number of rotatable bonds is 4. The molecule has 0 radical (unpaired) electrons. The lowest BCUT2D eigenvalue weighted by atomic mass is 9.86. The Labute approximate surface area is 122 Å². The molecule has 2 atom stereocenters. The van der Waals surface area contributed by atoms with E-state index in [1.807, 2.05) is 0 Å². The average molecular weight is 273 g/mol. The lowest BCUT2D eigenvalue weighted by Gasteiger charge is -2.27. The second-order valence-corrected chi connectivity index (χ2v) is 6.27. The summed E-state index contributed by atoms with van der Waals surface area (Å²) >= 11 is 0. The molecule has 20 heavy (non-hydrogen) atoms. The van der Waals surface area contributed by atoms with Crippen LogP contribution in [0.1, 0.15) is 62.5 Å². The van der Waals surface area contributed by atoms with Gasteiger partial charge < -0.3 is 10.1 Å². The van der Waals surface area contributed by atoms with E-state index in [-0.39, 0.29) is 0 Å². The fraction of sp³-hybridized carbons (Fsp3) is 0.667. The van der Waals surface area contributed by atoms with Crippen LogP contribution >= 0.6 is 0 Å². The number of hydrogen-bond donors (Lipinski definition) is 1. The van der Waals surface area contributed by atoms with E-state index >= 15 is 0 Å². The van der Waals surface area contributed by atoms with Crippen LogP contribution in [0.25, 0.3) is 0 Å². The van der Waals surface area contributed by atoms with E-state index in [1.165, 1.54) is 49.7 Å². The van der Waals surface area contributed by atoms with Crippen LogP contribution in [0, 0.1) is 0 Å². The van der Waals surface area contributed by atoms with Crippen LogP contribution in [-0.4, -0.2) is 19.2 Å². The van der Waals surface area contributed by atoms with Crippen LogP contribution in [0.5, 0.6) is 5.75 Å². The van der Waals surface area contributed by atoms with Crippen molar-refractivity contribution >= 4 is 0 Å². The molecule has 2 unspecified atom stereocenters. The smallest absolute Gasteiger partial charge is 0.122 e. The zero-order valence-corrected chi connectivity index (χ0v) is 12.7. The Kier molecular flexibility index (Phi) is 4.62. The number of nitrogens with one attached hydrogen (secondary N) is 1. The average Bonchev–Trinajstić information content (AvgIpc) is 2.82. The number of ether oxygens (including phenoxy) is 1. The van der Waals surface area contributed by atoms with E-state index in [1.54, 1.807) is 0 Å². The first kappa shape index (κ1) is 13.9. The molecule has 3 rings (SSSR count). The van der Waals surface area contributed by atoms with Crippen LogP contribution in [0.15, 0.2) is 18.2 Å². The Bertz CT molecular complexity index is 443. The van der Waals surface area contributed by atoms with Gasteiger partial charge in [-0.1, -0.05) is 38.3 Å². The summed E-state index contributed by atoms with van der Waals surface area (Å²) in [6.07, 6.45) is 9.13. The second-order valence-electron chi connectivity index (χ2n) is 6.27. The van der Waals surface area contributed by atoms with E-state index in [2.05, 4.69) is 30.4 Å². The van der Waals surface area contributed by atoms with Crippen molar-refractivity contribution < 1.29 is 4.74 Å². The van der Waals surface area contributed by atoms with Crippen molar-refractivity contribution in [2.75, 3.05) is 13.2 Å². The van der Waals surface area contributed by atoms with Gasteiger partial charge in [-0.25, -0.2) is 0 Å². The zero-order valence-electron chi connectivity index (χ0n) is 12.7. The molecule has 1 aliphatic carbocycles. The van der Waals surface area contributed by atoms with Crippen LogP contribution < -0.4 is 10.1 Å². The first-order valence-electron chi connectivity index (χ1n) is 8.37. The maximum atomic E-state index is 5.64. The predicted octanol–water partition coefficient (Wildman–Crippen LogP) is 4.04. The number of fused-ring (bicyclic) bond motifs is 1. The van der Waals surface area contributed by atoms with Gasteiger partial charge in [0, 0.05) is 12.5 Å². The Morgan fingerprint density at radius 3 is 3.00 bits per heavy atom. The molecule has 2 heteroatoms. The first-order valence-corrected chi connectivity index (χ1v) is 8.37. The van der Waals surface area contributed by atoms with Crippen LogP contribution in [0.4, 0.5) is 0 Å². The van der Waals surface area contributed by atoms with Crippen molar-refractivity contribution in [2.24, 2.45) is 0 Å². The third-order valence-corrected chi connectivity index (χ3v) is 4.81. The molecular weight excluding hydrogens is 246 g/mol. The van der Waals surface area contributed by atoms with Gasteiger partial charge >= 0.3 is 0 Å². The summed E-state index contributed by atoms with van der Waals surface area (Å²) in [6.45, 7) is 4.27. The molecule has 2 nitrogen and oxygen atoms in total. The normalized spacial score (nSPS) is 25.9. The topological polar surface area (TPSA) is 21.3 Å². The summed E-state index contributed by atoms with van der Waals surface area (Å²) in [4.78, 5) is 0. The molecule has 110 valence electrons. The fourth-order valence-electron chi connectivity index (χ4n) is 3.72. The summed E-state index contributed by atoms with van der Waals surface area (Å²) in [6, 6.07) is 7.58. The molecule has 2 aliphatic rings. The summed E-state index contributed by atoms with van der Waals surface area (Å²) < 4.78 is 5.64. The molecule has 1 aromatic carbocycles. The number of hydrogen-bond acceptors (Lipinski definition) is 2. The monoisotopic (exact) mass is 273 g/mol. The summed E-state index contributed by atoms with van der Waals surface area (Å²) in [5.74, 6) is 1.80. The highest BCUT2D eigenvalue weighted by molar-refractivity contribution is 5.41. The Hall–Kier alpha value is -1.02.